The third-order valence-corrected chi connectivity index (χ3v) is 5.00. The average Bonchev–Trinajstić information content (AvgIpc) is 2.69. The van der Waals surface area contributed by atoms with E-state index in [9.17, 15) is 18.8 Å². The molecule has 0 saturated carbocycles. The maximum Gasteiger partial charge on any atom is 0.258 e. The Kier molecular flexibility index (Phi) is 4.84. The number of halogens is 1. The van der Waals surface area contributed by atoms with Gasteiger partial charge >= 0.3 is 0 Å². The number of piperazine rings is 1. The second kappa shape index (κ2) is 7.46. The van der Waals surface area contributed by atoms with Gasteiger partial charge in [0.25, 0.3) is 5.56 Å². The topological polar surface area (TPSA) is 75.0 Å². The minimum atomic E-state index is -0.708. The normalized spacial score (nSPS) is 17.2. The molecule has 0 spiro atoms. The number of aromatic nitrogens is 2. The number of rotatable bonds is 4. The van der Waals surface area contributed by atoms with Gasteiger partial charge in [0, 0.05) is 18.8 Å². The number of hydrogen-bond acceptors (Lipinski definition) is 4. The van der Waals surface area contributed by atoms with Crippen LogP contribution in [0.15, 0.2) is 59.5 Å². The van der Waals surface area contributed by atoms with Crippen molar-refractivity contribution in [1.82, 2.24) is 19.2 Å². The summed E-state index contributed by atoms with van der Waals surface area (Å²) < 4.78 is 14.8. The zero-order chi connectivity index (χ0) is 20.5. The van der Waals surface area contributed by atoms with E-state index in [1.165, 1.54) is 32.4 Å². The molecule has 0 unspecified atom stereocenters. The molecule has 1 aromatic carbocycles. The van der Waals surface area contributed by atoms with Gasteiger partial charge in [-0.05, 0) is 36.8 Å². The lowest BCUT2D eigenvalue weighted by Gasteiger charge is -2.38. The number of benzene rings is 1. The summed E-state index contributed by atoms with van der Waals surface area (Å²) in [5.41, 5.74) is 1.27. The first-order valence-corrected chi connectivity index (χ1v) is 9.22. The predicted octanol–water partition coefficient (Wildman–Crippen LogP) is 1.59. The fourth-order valence-corrected chi connectivity index (χ4v) is 3.52. The minimum absolute atomic E-state index is 0.0696. The van der Waals surface area contributed by atoms with Crippen molar-refractivity contribution in [2.45, 2.75) is 26.1 Å². The standard InChI is InChI=1S/C21H19FN4O3/c1-14-21(29)24(11-15-5-4-6-16(22)9-15)13-20(28)26(14)12-17-10-19(27)25-8-3-2-7-18(25)23-17/h2-10,14H,11-13H2,1H3/t14-/m0/s1. The Hall–Kier alpha value is -3.55. The summed E-state index contributed by atoms with van der Waals surface area (Å²) in [6, 6.07) is 11.8. The van der Waals surface area contributed by atoms with Gasteiger partial charge in [-0.2, -0.15) is 0 Å². The molecule has 4 rings (SSSR count). The maximum absolute atomic E-state index is 13.4. The van der Waals surface area contributed by atoms with Crippen molar-refractivity contribution in [3.05, 3.63) is 82.2 Å². The van der Waals surface area contributed by atoms with Gasteiger partial charge in [0.1, 0.15) is 24.1 Å². The van der Waals surface area contributed by atoms with E-state index >= 15 is 0 Å². The molecule has 0 bridgehead atoms. The van der Waals surface area contributed by atoms with E-state index in [1.54, 1.807) is 43.5 Å². The molecule has 1 saturated heterocycles. The van der Waals surface area contributed by atoms with Gasteiger partial charge in [0.05, 0.1) is 12.2 Å². The first kappa shape index (κ1) is 18.8. The van der Waals surface area contributed by atoms with Crippen LogP contribution >= 0.6 is 0 Å². The summed E-state index contributed by atoms with van der Waals surface area (Å²) in [5, 5.41) is 0. The number of nitrogens with zero attached hydrogens (tertiary/aromatic N) is 4. The highest BCUT2D eigenvalue weighted by Gasteiger charge is 2.36. The van der Waals surface area contributed by atoms with Crippen LogP contribution in [-0.4, -0.2) is 43.6 Å². The Morgan fingerprint density at radius 1 is 1.07 bits per heavy atom. The molecule has 3 heterocycles. The zero-order valence-electron chi connectivity index (χ0n) is 15.8. The summed E-state index contributed by atoms with van der Waals surface area (Å²) in [5.74, 6) is -0.864. The molecule has 0 N–H and O–H groups in total. The van der Waals surface area contributed by atoms with Crippen LogP contribution in [0.3, 0.4) is 0 Å². The molecular formula is C21H19FN4O3. The van der Waals surface area contributed by atoms with E-state index in [-0.39, 0.29) is 42.8 Å². The van der Waals surface area contributed by atoms with Crippen LogP contribution in [0.25, 0.3) is 5.65 Å². The number of pyridine rings is 1. The molecule has 1 atom stereocenters. The molecule has 29 heavy (non-hydrogen) atoms. The first-order chi connectivity index (χ1) is 13.9. The Balaban J connectivity index is 1.54. The van der Waals surface area contributed by atoms with Crippen LogP contribution in [-0.2, 0) is 22.7 Å². The van der Waals surface area contributed by atoms with Crippen molar-refractivity contribution >= 4 is 17.5 Å². The second-order valence-corrected chi connectivity index (χ2v) is 7.04. The monoisotopic (exact) mass is 394 g/mol. The molecule has 7 nitrogen and oxygen atoms in total. The minimum Gasteiger partial charge on any atom is -0.327 e. The highest BCUT2D eigenvalue weighted by atomic mass is 19.1. The maximum atomic E-state index is 13.4. The largest absolute Gasteiger partial charge is 0.327 e. The molecule has 148 valence electrons. The van der Waals surface area contributed by atoms with Crippen LogP contribution in [0.4, 0.5) is 4.39 Å². The number of amides is 2. The number of hydrogen-bond donors (Lipinski definition) is 0. The van der Waals surface area contributed by atoms with Crippen molar-refractivity contribution in [3.63, 3.8) is 0 Å². The average molecular weight is 394 g/mol. The smallest absolute Gasteiger partial charge is 0.258 e. The molecule has 3 aromatic rings. The van der Waals surface area contributed by atoms with E-state index < -0.39 is 6.04 Å². The second-order valence-electron chi connectivity index (χ2n) is 7.04. The Morgan fingerprint density at radius 2 is 1.90 bits per heavy atom. The zero-order valence-corrected chi connectivity index (χ0v) is 15.8. The predicted molar refractivity (Wildman–Crippen MR) is 103 cm³/mol. The first-order valence-electron chi connectivity index (χ1n) is 9.22. The van der Waals surface area contributed by atoms with Crippen LogP contribution in [0.1, 0.15) is 18.2 Å². The van der Waals surface area contributed by atoms with Gasteiger partial charge in [-0.1, -0.05) is 18.2 Å². The van der Waals surface area contributed by atoms with Crippen molar-refractivity contribution < 1.29 is 14.0 Å². The molecule has 1 aliphatic heterocycles. The fourth-order valence-electron chi connectivity index (χ4n) is 3.52. The van der Waals surface area contributed by atoms with E-state index in [2.05, 4.69) is 4.98 Å². The molecule has 0 radical (unpaired) electrons. The number of carbonyl (C=O) groups is 2. The lowest BCUT2D eigenvalue weighted by atomic mass is 10.1. The quantitative estimate of drug-likeness (QED) is 0.674. The van der Waals surface area contributed by atoms with E-state index in [0.29, 0.717) is 16.9 Å². The molecule has 8 heteroatoms. The Labute approximate surface area is 166 Å². The molecular weight excluding hydrogens is 375 g/mol. The van der Waals surface area contributed by atoms with Crippen molar-refractivity contribution in [1.29, 1.82) is 0 Å². The van der Waals surface area contributed by atoms with Gasteiger partial charge in [-0.3, -0.25) is 18.8 Å². The lowest BCUT2D eigenvalue weighted by Crippen LogP contribution is -2.58. The SMILES string of the molecule is C[C@H]1C(=O)N(Cc2cccc(F)c2)CC(=O)N1Cc1cc(=O)n2ccccc2n1. The van der Waals surface area contributed by atoms with E-state index in [1.807, 2.05) is 0 Å². The Bertz CT molecular complexity index is 1160. The van der Waals surface area contributed by atoms with Crippen molar-refractivity contribution in [3.8, 4) is 0 Å². The lowest BCUT2D eigenvalue weighted by molar-refractivity contribution is -0.156. The number of carbonyl (C=O) groups excluding carboxylic acids is 2. The van der Waals surface area contributed by atoms with Gasteiger partial charge < -0.3 is 9.80 Å². The molecule has 0 aliphatic carbocycles. The van der Waals surface area contributed by atoms with Crippen molar-refractivity contribution in [2.75, 3.05) is 6.54 Å². The third kappa shape index (κ3) is 3.73. The van der Waals surface area contributed by atoms with Gasteiger partial charge in [-0.25, -0.2) is 9.37 Å². The third-order valence-electron chi connectivity index (χ3n) is 5.00. The molecule has 1 fully saturated rings. The van der Waals surface area contributed by atoms with Crippen LogP contribution in [0.2, 0.25) is 0 Å². The molecule has 1 aliphatic rings. The van der Waals surface area contributed by atoms with Crippen LogP contribution in [0.5, 0.6) is 0 Å². The van der Waals surface area contributed by atoms with E-state index in [0.717, 1.165) is 0 Å². The van der Waals surface area contributed by atoms with Gasteiger partial charge in [0.2, 0.25) is 11.8 Å². The van der Waals surface area contributed by atoms with Gasteiger partial charge in [-0.15, -0.1) is 0 Å². The van der Waals surface area contributed by atoms with Crippen LogP contribution in [0, 0.1) is 5.82 Å². The summed E-state index contributed by atoms with van der Waals surface area (Å²) in [6.45, 7) is 1.77. The van der Waals surface area contributed by atoms with E-state index in [4.69, 9.17) is 0 Å². The van der Waals surface area contributed by atoms with Crippen LogP contribution < -0.4 is 5.56 Å². The van der Waals surface area contributed by atoms with Gasteiger partial charge in [0.15, 0.2) is 0 Å². The highest BCUT2D eigenvalue weighted by molar-refractivity contribution is 5.94. The molecule has 2 aromatic heterocycles. The fraction of sp³-hybridized carbons (Fsp3) is 0.238. The summed E-state index contributed by atoms with van der Waals surface area (Å²) in [4.78, 5) is 45.0. The Morgan fingerprint density at radius 3 is 2.69 bits per heavy atom. The summed E-state index contributed by atoms with van der Waals surface area (Å²) in [7, 11) is 0. The number of fused-ring (bicyclic) bond motifs is 1. The summed E-state index contributed by atoms with van der Waals surface area (Å²) >= 11 is 0. The van der Waals surface area contributed by atoms with Crippen molar-refractivity contribution in [2.24, 2.45) is 0 Å². The molecule has 2 amide bonds. The summed E-state index contributed by atoms with van der Waals surface area (Å²) in [6.07, 6.45) is 1.62. The highest BCUT2D eigenvalue weighted by Crippen LogP contribution is 2.18.